The number of amides is 1. The number of rotatable bonds is 8. The maximum absolute atomic E-state index is 13.3. The van der Waals surface area contributed by atoms with Gasteiger partial charge in [-0.25, -0.2) is 4.79 Å². The van der Waals surface area contributed by atoms with Crippen molar-refractivity contribution in [1.29, 1.82) is 0 Å². The molecule has 0 bridgehead atoms. The van der Waals surface area contributed by atoms with Crippen LogP contribution < -0.4 is 9.64 Å². The number of carbonyl (C=O) groups excluding carboxylic acids is 1. The molecular formula is C30H35NO7. The quantitative estimate of drug-likeness (QED) is 0.339. The molecule has 0 radical (unpaired) electrons. The van der Waals surface area contributed by atoms with Gasteiger partial charge in [0.05, 0.1) is 18.2 Å². The lowest BCUT2D eigenvalue weighted by molar-refractivity contribution is -0.0597. The van der Waals surface area contributed by atoms with Gasteiger partial charge < -0.3 is 30.1 Å². The van der Waals surface area contributed by atoms with E-state index in [0.29, 0.717) is 35.4 Å². The first kappa shape index (κ1) is 27.3. The van der Waals surface area contributed by atoms with Gasteiger partial charge in [-0.1, -0.05) is 23.3 Å². The number of carboxylic acids is 1. The number of carbonyl (C=O) groups is 2. The average molecular weight is 522 g/mol. The van der Waals surface area contributed by atoms with Gasteiger partial charge in [-0.15, -0.1) is 0 Å². The van der Waals surface area contributed by atoms with Gasteiger partial charge in [-0.05, 0) is 77.6 Å². The predicted molar refractivity (Wildman–Crippen MR) is 144 cm³/mol. The molecule has 0 aromatic heterocycles. The molecule has 0 unspecified atom stereocenters. The standard InChI is InChI=1S/C30H35NO7/c1-17(2)7-5-8-18(3)9-6-12-30(4)26(34)15-21-25(33)14-20-23(27(21)38-30)16-31(28(20)35)19-10-11-24(32)22(13-19)29(36)37/h7,9-11,13-14,26,32-34H,5-6,8,12,15-16H2,1-4H3,(H,36,37)/b18-9+/t26-,30-/m0/s1. The van der Waals surface area contributed by atoms with E-state index in [9.17, 15) is 30.0 Å². The summed E-state index contributed by atoms with van der Waals surface area (Å²) in [6.07, 6.45) is 6.93. The van der Waals surface area contributed by atoms with Gasteiger partial charge >= 0.3 is 5.97 Å². The number of aromatic carboxylic acids is 1. The van der Waals surface area contributed by atoms with E-state index in [1.165, 1.54) is 40.3 Å². The van der Waals surface area contributed by atoms with Gasteiger partial charge in [0.1, 0.15) is 28.4 Å². The average Bonchev–Trinajstić information content (AvgIpc) is 3.16. The molecule has 2 heterocycles. The monoisotopic (exact) mass is 521 g/mol. The van der Waals surface area contributed by atoms with Crippen LogP contribution in [0.4, 0.5) is 5.69 Å². The smallest absolute Gasteiger partial charge is 0.339 e. The topological polar surface area (TPSA) is 128 Å². The molecular weight excluding hydrogens is 486 g/mol. The number of phenols is 2. The number of anilines is 1. The molecule has 0 saturated carbocycles. The summed E-state index contributed by atoms with van der Waals surface area (Å²) in [6, 6.07) is 5.33. The molecule has 2 aromatic carbocycles. The van der Waals surface area contributed by atoms with Crippen molar-refractivity contribution in [2.24, 2.45) is 0 Å². The van der Waals surface area contributed by atoms with Crippen LogP contribution in [0.15, 0.2) is 47.6 Å². The van der Waals surface area contributed by atoms with Crippen molar-refractivity contribution in [3.05, 3.63) is 69.8 Å². The zero-order valence-electron chi connectivity index (χ0n) is 22.2. The van der Waals surface area contributed by atoms with Crippen LogP contribution in [0.3, 0.4) is 0 Å². The minimum Gasteiger partial charge on any atom is -0.508 e. The molecule has 2 aromatic rings. The molecule has 202 valence electrons. The Morgan fingerprint density at radius 3 is 2.53 bits per heavy atom. The fourth-order valence-corrected chi connectivity index (χ4v) is 5.07. The molecule has 8 nitrogen and oxygen atoms in total. The summed E-state index contributed by atoms with van der Waals surface area (Å²) in [7, 11) is 0. The third-order valence-electron chi connectivity index (χ3n) is 7.44. The molecule has 4 N–H and O–H groups in total. The molecule has 38 heavy (non-hydrogen) atoms. The number of allylic oxidation sites excluding steroid dienone is 4. The molecule has 0 aliphatic carbocycles. The van der Waals surface area contributed by atoms with Gasteiger partial charge in [0, 0.05) is 23.2 Å². The largest absolute Gasteiger partial charge is 0.508 e. The molecule has 0 spiro atoms. The van der Waals surface area contributed by atoms with Crippen molar-refractivity contribution in [2.45, 2.75) is 78.0 Å². The summed E-state index contributed by atoms with van der Waals surface area (Å²) in [6.45, 7) is 8.21. The highest BCUT2D eigenvalue weighted by atomic mass is 16.5. The summed E-state index contributed by atoms with van der Waals surface area (Å²) >= 11 is 0. The van der Waals surface area contributed by atoms with Crippen molar-refractivity contribution in [3.63, 3.8) is 0 Å². The fourth-order valence-electron chi connectivity index (χ4n) is 5.07. The number of aliphatic hydroxyl groups excluding tert-OH is 1. The van der Waals surface area contributed by atoms with E-state index in [1.807, 2.05) is 6.92 Å². The first-order chi connectivity index (χ1) is 17.9. The van der Waals surface area contributed by atoms with E-state index < -0.39 is 29.3 Å². The first-order valence-corrected chi connectivity index (χ1v) is 12.8. The number of aliphatic hydroxyl groups is 1. The molecule has 2 aliphatic heterocycles. The van der Waals surface area contributed by atoms with E-state index in [1.54, 1.807) is 0 Å². The van der Waals surface area contributed by atoms with Gasteiger partial charge in [-0.3, -0.25) is 4.79 Å². The summed E-state index contributed by atoms with van der Waals surface area (Å²) in [4.78, 5) is 26.2. The minimum atomic E-state index is -1.31. The third-order valence-corrected chi connectivity index (χ3v) is 7.44. The normalized spacial score (nSPS) is 20.6. The predicted octanol–water partition coefficient (Wildman–Crippen LogP) is 5.48. The Labute approximate surface area is 222 Å². The van der Waals surface area contributed by atoms with Gasteiger partial charge in [0.15, 0.2) is 0 Å². The van der Waals surface area contributed by atoms with Crippen LogP contribution in [0.1, 0.15) is 85.2 Å². The van der Waals surface area contributed by atoms with Crippen LogP contribution in [0.25, 0.3) is 0 Å². The van der Waals surface area contributed by atoms with Crippen LogP contribution in [0.2, 0.25) is 0 Å². The molecule has 2 atom stereocenters. The first-order valence-electron chi connectivity index (χ1n) is 12.8. The lowest BCUT2D eigenvalue weighted by Gasteiger charge is -2.40. The molecule has 0 fully saturated rings. The number of nitrogens with zero attached hydrogens (tertiary/aromatic N) is 1. The molecule has 1 amide bonds. The highest BCUT2D eigenvalue weighted by molar-refractivity contribution is 6.11. The van der Waals surface area contributed by atoms with Gasteiger partial charge in [-0.2, -0.15) is 0 Å². The Bertz CT molecular complexity index is 1340. The number of benzene rings is 2. The highest BCUT2D eigenvalue weighted by Gasteiger charge is 2.44. The Balaban J connectivity index is 1.59. The van der Waals surface area contributed by atoms with E-state index >= 15 is 0 Å². The summed E-state index contributed by atoms with van der Waals surface area (Å²) in [5.74, 6) is -1.84. The van der Waals surface area contributed by atoms with Crippen molar-refractivity contribution < 1.29 is 34.8 Å². The molecule has 8 heteroatoms. The summed E-state index contributed by atoms with van der Waals surface area (Å²) < 4.78 is 6.40. The zero-order valence-corrected chi connectivity index (χ0v) is 22.2. The van der Waals surface area contributed by atoms with Crippen LogP contribution in [0.5, 0.6) is 17.2 Å². The van der Waals surface area contributed by atoms with Crippen molar-refractivity contribution >= 4 is 17.6 Å². The second kappa shape index (κ2) is 10.5. The zero-order chi connectivity index (χ0) is 27.8. The number of hydrogen-bond acceptors (Lipinski definition) is 6. The van der Waals surface area contributed by atoms with Crippen molar-refractivity contribution in [1.82, 2.24) is 0 Å². The lowest BCUT2D eigenvalue weighted by atomic mass is 9.84. The van der Waals surface area contributed by atoms with Crippen LogP contribution in [0, 0.1) is 0 Å². The molecule has 0 saturated heterocycles. The second-order valence-electron chi connectivity index (χ2n) is 10.7. The maximum atomic E-state index is 13.3. The van der Waals surface area contributed by atoms with E-state index in [-0.39, 0.29) is 29.8 Å². The van der Waals surface area contributed by atoms with Crippen LogP contribution >= 0.6 is 0 Å². The van der Waals surface area contributed by atoms with Crippen LogP contribution in [-0.2, 0) is 13.0 Å². The number of fused-ring (bicyclic) bond motifs is 3. The number of hydrogen-bond donors (Lipinski definition) is 4. The Morgan fingerprint density at radius 2 is 1.84 bits per heavy atom. The minimum absolute atomic E-state index is 0.107. The summed E-state index contributed by atoms with van der Waals surface area (Å²) in [5, 5.41) is 40.9. The highest BCUT2D eigenvalue weighted by Crippen LogP contribution is 2.47. The number of aromatic hydroxyl groups is 2. The number of ether oxygens (including phenoxy) is 1. The van der Waals surface area contributed by atoms with Gasteiger partial charge in [0.25, 0.3) is 5.91 Å². The van der Waals surface area contributed by atoms with Crippen molar-refractivity contribution in [3.8, 4) is 17.2 Å². The Kier molecular flexibility index (Phi) is 7.56. The third kappa shape index (κ3) is 5.27. The Hall–Kier alpha value is -3.78. The summed E-state index contributed by atoms with van der Waals surface area (Å²) in [5.41, 5.74) is 2.94. The Morgan fingerprint density at radius 1 is 1.11 bits per heavy atom. The number of carboxylic acid groups (broad SMARTS) is 1. The fraction of sp³-hybridized carbons (Fsp3) is 0.400. The van der Waals surface area contributed by atoms with Gasteiger partial charge in [0.2, 0.25) is 0 Å². The van der Waals surface area contributed by atoms with E-state index in [4.69, 9.17) is 4.74 Å². The van der Waals surface area contributed by atoms with Crippen molar-refractivity contribution in [2.75, 3.05) is 4.90 Å². The van der Waals surface area contributed by atoms with Crippen LogP contribution in [-0.4, -0.2) is 44.0 Å². The maximum Gasteiger partial charge on any atom is 0.339 e. The lowest BCUT2D eigenvalue weighted by Crippen LogP contribution is -2.49. The molecule has 2 aliphatic rings. The SMILES string of the molecule is CC(C)=CCC/C(C)=C/CC[C@]1(C)Oc2c(c(O)cc3c2CN(c2ccc(O)c(C(=O)O)c2)C3=O)C[C@@H]1O. The number of phenolic OH excluding ortho intramolecular Hbond substituents is 1. The molecule has 4 rings (SSSR count). The van der Waals surface area contributed by atoms with E-state index in [0.717, 1.165) is 12.8 Å². The second-order valence-corrected chi connectivity index (χ2v) is 10.7. The van der Waals surface area contributed by atoms with E-state index in [2.05, 4.69) is 32.9 Å².